The van der Waals surface area contributed by atoms with Crippen molar-refractivity contribution < 1.29 is 4.79 Å². The maximum absolute atomic E-state index is 12.2. The summed E-state index contributed by atoms with van der Waals surface area (Å²) in [5.41, 5.74) is 2.98. The van der Waals surface area contributed by atoms with Crippen molar-refractivity contribution in [2.24, 2.45) is 14.1 Å². The van der Waals surface area contributed by atoms with Crippen molar-refractivity contribution in [3.8, 4) is 11.3 Å². The minimum Gasteiger partial charge on any atom is -0.296 e. The van der Waals surface area contributed by atoms with Crippen LogP contribution in [-0.2, 0) is 14.1 Å². The van der Waals surface area contributed by atoms with Gasteiger partial charge in [0.25, 0.3) is 5.91 Å². The highest BCUT2D eigenvalue weighted by Crippen LogP contribution is 2.27. The smallest absolute Gasteiger partial charge is 0.275 e. The minimum atomic E-state index is -0.249. The van der Waals surface area contributed by atoms with Crippen LogP contribution in [0.25, 0.3) is 21.6 Å². The number of carbonyl (C=O) groups excluding carboxylic acids is 1. The fourth-order valence-corrected chi connectivity index (χ4v) is 3.18. The molecular weight excluding hydrogens is 326 g/mol. The number of anilines is 1. The van der Waals surface area contributed by atoms with Gasteiger partial charge >= 0.3 is 0 Å². The predicted octanol–water partition coefficient (Wildman–Crippen LogP) is 2.08. The molecule has 0 aliphatic rings. The Morgan fingerprint density at radius 1 is 1.17 bits per heavy atom. The Morgan fingerprint density at radius 2 is 2.04 bits per heavy atom. The third-order valence-electron chi connectivity index (χ3n) is 3.53. The van der Waals surface area contributed by atoms with Crippen LogP contribution < -0.4 is 5.32 Å². The molecule has 0 saturated heterocycles. The average Bonchev–Trinajstić information content (AvgIpc) is 3.25. The molecule has 0 spiro atoms. The highest BCUT2D eigenvalue weighted by Gasteiger charge is 2.14. The van der Waals surface area contributed by atoms with Gasteiger partial charge in [-0.3, -0.25) is 19.5 Å². The molecule has 4 aromatic rings. The third-order valence-corrected chi connectivity index (χ3v) is 4.41. The van der Waals surface area contributed by atoms with Gasteiger partial charge in [-0.05, 0) is 18.2 Å². The van der Waals surface area contributed by atoms with Crippen LogP contribution in [0, 0.1) is 0 Å². The molecule has 4 heterocycles. The number of thiazole rings is 1. The van der Waals surface area contributed by atoms with Gasteiger partial charge in [-0.2, -0.15) is 10.2 Å². The van der Waals surface area contributed by atoms with Gasteiger partial charge in [0.05, 0.1) is 11.9 Å². The summed E-state index contributed by atoms with van der Waals surface area (Å²) in [7, 11) is 3.58. The lowest BCUT2D eigenvalue weighted by Crippen LogP contribution is -2.15. The van der Waals surface area contributed by atoms with Crippen LogP contribution in [0.15, 0.2) is 36.8 Å². The molecule has 4 rings (SSSR count). The van der Waals surface area contributed by atoms with Crippen LogP contribution in [0.4, 0.5) is 5.13 Å². The van der Waals surface area contributed by atoms with E-state index >= 15 is 0 Å². The van der Waals surface area contributed by atoms with Gasteiger partial charge in [-0.15, -0.1) is 0 Å². The van der Waals surface area contributed by atoms with Gasteiger partial charge < -0.3 is 0 Å². The predicted molar refractivity (Wildman–Crippen MR) is 90.8 cm³/mol. The minimum absolute atomic E-state index is 0.249. The molecule has 1 amide bonds. The molecule has 0 atom stereocenters. The number of aryl methyl sites for hydroxylation is 2. The molecule has 4 aromatic heterocycles. The monoisotopic (exact) mass is 339 g/mol. The normalized spacial score (nSPS) is 11.1. The van der Waals surface area contributed by atoms with Crippen LogP contribution in [0.5, 0.6) is 0 Å². The first-order valence-electron chi connectivity index (χ1n) is 7.16. The lowest BCUT2D eigenvalue weighted by atomic mass is 10.2. The van der Waals surface area contributed by atoms with Crippen molar-refractivity contribution in [3.05, 3.63) is 42.5 Å². The van der Waals surface area contributed by atoms with Gasteiger partial charge in [0.15, 0.2) is 5.13 Å². The zero-order valence-corrected chi connectivity index (χ0v) is 13.8. The molecule has 0 aliphatic carbocycles. The number of nitrogens with one attached hydrogen (secondary N) is 1. The molecule has 120 valence electrons. The van der Waals surface area contributed by atoms with Crippen LogP contribution in [0.1, 0.15) is 10.5 Å². The topological polar surface area (TPSA) is 90.5 Å². The van der Waals surface area contributed by atoms with Gasteiger partial charge in [-0.25, -0.2) is 9.97 Å². The number of pyridine rings is 1. The Bertz CT molecular complexity index is 1050. The molecule has 0 bridgehead atoms. The summed E-state index contributed by atoms with van der Waals surface area (Å²) in [6.45, 7) is 0. The number of fused-ring (bicyclic) bond motifs is 1. The second kappa shape index (κ2) is 5.53. The average molecular weight is 339 g/mol. The summed E-state index contributed by atoms with van der Waals surface area (Å²) < 4.78 is 3.24. The summed E-state index contributed by atoms with van der Waals surface area (Å²) in [6.07, 6.45) is 5.25. The zero-order chi connectivity index (χ0) is 16.7. The number of amides is 1. The van der Waals surface area contributed by atoms with Crippen molar-refractivity contribution >= 4 is 32.7 Å². The number of hydrogen-bond acceptors (Lipinski definition) is 6. The number of hydrogen-bond donors (Lipinski definition) is 1. The molecule has 0 unspecified atom stereocenters. The Morgan fingerprint density at radius 3 is 2.75 bits per heavy atom. The van der Waals surface area contributed by atoms with Gasteiger partial charge in [-0.1, -0.05) is 11.3 Å². The standard InChI is InChI=1S/C15H13N7OS/c1-21-8-9(7-17-21)10-3-4-11-14(18-10)24-15(19-11)20-13(23)12-5-6-16-22(12)2/h3-8H,1-2H3,(H,19,20,23). The number of aromatic nitrogens is 6. The second-order valence-electron chi connectivity index (χ2n) is 5.24. The summed E-state index contributed by atoms with van der Waals surface area (Å²) in [5, 5.41) is 11.4. The SMILES string of the molecule is Cn1cc(-c2ccc3nc(NC(=O)c4ccnn4C)sc3n2)cn1. The molecule has 9 heteroatoms. The lowest BCUT2D eigenvalue weighted by molar-refractivity contribution is 0.101. The van der Waals surface area contributed by atoms with Crippen molar-refractivity contribution in [1.82, 2.24) is 29.5 Å². The van der Waals surface area contributed by atoms with E-state index < -0.39 is 0 Å². The highest BCUT2D eigenvalue weighted by molar-refractivity contribution is 7.22. The summed E-state index contributed by atoms with van der Waals surface area (Å²) in [4.78, 5) is 22.0. The zero-order valence-electron chi connectivity index (χ0n) is 13.0. The van der Waals surface area contributed by atoms with E-state index in [1.165, 1.54) is 16.0 Å². The molecule has 0 fully saturated rings. The summed E-state index contributed by atoms with van der Waals surface area (Å²) >= 11 is 1.33. The molecule has 0 aromatic carbocycles. The van der Waals surface area contributed by atoms with E-state index in [9.17, 15) is 4.79 Å². The molecule has 1 N–H and O–H groups in total. The Hall–Kier alpha value is -3.07. The third kappa shape index (κ3) is 2.54. The summed E-state index contributed by atoms with van der Waals surface area (Å²) in [6, 6.07) is 5.44. The number of rotatable bonds is 3. The van der Waals surface area contributed by atoms with Gasteiger partial charge in [0.2, 0.25) is 0 Å². The number of carbonyl (C=O) groups is 1. The van der Waals surface area contributed by atoms with E-state index in [0.717, 1.165) is 21.6 Å². The van der Waals surface area contributed by atoms with Crippen molar-refractivity contribution in [2.75, 3.05) is 5.32 Å². The van der Waals surface area contributed by atoms with Crippen LogP contribution in [0.3, 0.4) is 0 Å². The quantitative estimate of drug-likeness (QED) is 0.617. The van der Waals surface area contributed by atoms with Gasteiger partial charge in [0, 0.05) is 32.1 Å². The van der Waals surface area contributed by atoms with E-state index in [2.05, 4.69) is 25.5 Å². The largest absolute Gasteiger partial charge is 0.296 e. The first-order chi connectivity index (χ1) is 11.6. The Labute approximate surface area is 140 Å². The number of nitrogens with zero attached hydrogens (tertiary/aromatic N) is 6. The van der Waals surface area contributed by atoms with Crippen molar-refractivity contribution in [3.63, 3.8) is 0 Å². The maximum atomic E-state index is 12.2. The summed E-state index contributed by atoms with van der Waals surface area (Å²) in [5.74, 6) is -0.249. The second-order valence-corrected chi connectivity index (χ2v) is 6.21. The molecule has 24 heavy (non-hydrogen) atoms. The van der Waals surface area contributed by atoms with Crippen LogP contribution >= 0.6 is 11.3 Å². The first-order valence-corrected chi connectivity index (χ1v) is 7.98. The van der Waals surface area contributed by atoms with Crippen LogP contribution in [0.2, 0.25) is 0 Å². The van der Waals surface area contributed by atoms with Crippen molar-refractivity contribution in [2.45, 2.75) is 0 Å². The lowest BCUT2D eigenvalue weighted by Gasteiger charge is -2.00. The van der Waals surface area contributed by atoms with E-state index in [-0.39, 0.29) is 5.91 Å². The van der Waals surface area contributed by atoms with Crippen molar-refractivity contribution in [1.29, 1.82) is 0 Å². The fourth-order valence-electron chi connectivity index (χ4n) is 2.34. The highest BCUT2D eigenvalue weighted by atomic mass is 32.1. The molecular formula is C15H13N7OS. The Kier molecular flexibility index (Phi) is 3.35. The van der Waals surface area contributed by atoms with Gasteiger partial charge in [0.1, 0.15) is 16.0 Å². The molecule has 0 aliphatic heterocycles. The fraction of sp³-hybridized carbons (Fsp3) is 0.133. The maximum Gasteiger partial charge on any atom is 0.275 e. The first kappa shape index (κ1) is 14.5. The Balaban J connectivity index is 1.64. The molecule has 0 saturated carbocycles. The van der Waals surface area contributed by atoms with E-state index in [0.29, 0.717) is 10.8 Å². The van der Waals surface area contributed by atoms with Crippen LogP contribution in [-0.4, -0.2) is 35.4 Å². The van der Waals surface area contributed by atoms with E-state index in [1.807, 2.05) is 25.4 Å². The van der Waals surface area contributed by atoms with E-state index in [4.69, 9.17) is 0 Å². The molecule has 8 nitrogen and oxygen atoms in total. The van der Waals surface area contributed by atoms with E-state index in [1.54, 1.807) is 30.2 Å². The molecule has 0 radical (unpaired) electrons.